The summed E-state index contributed by atoms with van der Waals surface area (Å²) in [5, 5.41) is 3.56. The molecule has 0 saturated heterocycles. The number of carbonyl (C=O) groups excluding carboxylic acids is 1. The fourth-order valence-electron chi connectivity index (χ4n) is 4.24. The number of methoxy groups -OCH3 is 2. The van der Waals surface area contributed by atoms with Gasteiger partial charge >= 0.3 is 0 Å². The highest BCUT2D eigenvalue weighted by molar-refractivity contribution is 5.97. The number of pyridine rings is 1. The van der Waals surface area contributed by atoms with E-state index in [0.29, 0.717) is 16.9 Å². The van der Waals surface area contributed by atoms with Crippen molar-refractivity contribution in [3.8, 4) is 11.5 Å². The van der Waals surface area contributed by atoms with Crippen LogP contribution in [0.5, 0.6) is 11.5 Å². The van der Waals surface area contributed by atoms with E-state index in [1.54, 1.807) is 20.3 Å². The molecule has 1 aliphatic rings. The SMILES string of the molecule is COc1cc2c(cc1OC)[C@H](NC(=O)c1c[nH]c3c(C(C)C)cccc3c1=O)CC2. The molecule has 4 rings (SSSR count). The van der Waals surface area contributed by atoms with Gasteiger partial charge in [-0.05, 0) is 53.6 Å². The molecule has 1 amide bonds. The third kappa shape index (κ3) is 3.32. The first kappa shape index (κ1) is 20.0. The quantitative estimate of drug-likeness (QED) is 0.669. The molecular weight excluding hydrogens is 380 g/mol. The smallest absolute Gasteiger partial charge is 0.257 e. The van der Waals surface area contributed by atoms with Gasteiger partial charge in [-0.25, -0.2) is 0 Å². The second kappa shape index (κ2) is 7.86. The van der Waals surface area contributed by atoms with Gasteiger partial charge in [0, 0.05) is 11.6 Å². The molecule has 0 fully saturated rings. The second-order valence-electron chi connectivity index (χ2n) is 7.93. The summed E-state index contributed by atoms with van der Waals surface area (Å²) in [6, 6.07) is 9.31. The number of H-pyrrole nitrogens is 1. The Morgan fingerprint density at radius 2 is 1.90 bits per heavy atom. The van der Waals surface area contributed by atoms with Gasteiger partial charge in [0.1, 0.15) is 5.56 Å². The Hall–Kier alpha value is -3.28. The maximum absolute atomic E-state index is 13.0. The van der Waals surface area contributed by atoms with Crippen LogP contribution in [0.3, 0.4) is 0 Å². The number of hydrogen-bond donors (Lipinski definition) is 2. The number of ether oxygens (including phenoxy) is 2. The Morgan fingerprint density at radius 3 is 2.60 bits per heavy atom. The lowest BCUT2D eigenvalue weighted by atomic mass is 9.98. The molecule has 0 radical (unpaired) electrons. The van der Waals surface area contributed by atoms with Crippen LogP contribution in [0.1, 0.15) is 59.3 Å². The average molecular weight is 406 g/mol. The van der Waals surface area contributed by atoms with Crippen LogP contribution in [0.25, 0.3) is 10.9 Å². The minimum atomic E-state index is -0.374. The highest BCUT2D eigenvalue weighted by Crippen LogP contribution is 2.39. The Kier molecular flexibility index (Phi) is 5.24. The standard InChI is InChI=1S/C24H26N2O4/c1-13(2)15-6-5-7-16-22(15)25-12-18(23(16)27)24(28)26-19-9-8-14-10-20(29-3)21(30-4)11-17(14)19/h5-7,10-13,19H,8-9H2,1-4H3,(H,25,27)(H,26,28)/t19-/m1/s1. The van der Waals surface area contributed by atoms with E-state index >= 15 is 0 Å². The Bertz CT molecular complexity index is 1180. The van der Waals surface area contributed by atoms with Crippen molar-refractivity contribution in [1.29, 1.82) is 0 Å². The Labute approximate surface area is 175 Å². The molecule has 6 nitrogen and oxygen atoms in total. The van der Waals surface area contributed by atoms with E-state index in [1.165, 1.54) is 6.20 Å². The molecule has 30 heavy (non-hydrogen) atoms. The van der Waals surface area contributed by atoms with E-state index in [9.17, 15) is 9.59 Å². The van der Waals surface area contributed by atoms with Gasteiger partial charge in [-0.2, -0.15) is 0 Å². The van der Waals surface area contributed by atoms with Crippen LogP contribution in [-0.2, 0) is 6.42 Å². The fourth-order valence-corrected chi connectivity index (χ4v) is 4.24. The van der Waals surface area contributed by atoms with E-state index in [4.69, 9.17) is 9.47 Å². The van der Waals surface area contributed by atoms with E-state index in [0.717, 1.165) is 35.0 Å². The molecule has 0 unspecified atom stereocenters. The summed E-state index contributed by atoms with van der Waals surface area (Å²) in [6.07, 6.45) is 3.11. The van der Waals surface area contributed by atoms with Crippen molar-refractivity contribution in [2.75, 3.05) is 14.2 Å². The fraction of sp³-hybridized carbons (Fsp3) is 0.333. The molecule has 1 aromatic heterocycles. The van der Waals surface area contributed by atoms with Gasteiger partial charge in [-0.1, -0.05) is 26.0 Å². The van der Waals surface area contributed by atoms with Crippen LogP contribution in [0, 0.1) is 0 Å². The summed E-state index contributed by atoms with van der Waals surface area (Å²) < 4.78 is 10.8. The van der Waals surface area contributed by atoms with E-state index < -0.39 is 0 Å². The average Bonchev–Trinajstić information content (AvgIpc) is 3.13. The number of nitrogens with one attached hydrogen (secondary N) is 2. The summed E-state index contributed by atoms with van der Waals surface area (Å²) in [5.41, 5.74) is 3.83. The van der Waals surface area contributed by atoms with Crippen LogP contribution in [0.2, 0.25) is 0 Å². The molecule has 6 heteroatoms. The molecule has 1 atom stereocenters. The molecule has 2 aromatic carbocycles. The van der Waals surface area contributed by atoms with Gasteiger partial charge in [-0.3, -0.25) is 9.59 Å². The molecule has 1 heterocycles. The van der Waals surface area contributed by atoms with Crippen LogP contribution in [0.4, 0.5) is 0 Å². The molecule has 3 aromatic rings. The zero-order valence-corrected chi connectivity index (χ0v) is 17.7. The van der Waals surface area contributed by atoms with Crippen molar-refractivity contribution in [1.82, 2.24) is 10.3 Å². The highest BCUT2D eigenvalue weighted by Gasteiger charge is 2.27. The minimum Gasteiger partial charge on any atom is -0.493 e. The number of amides is 1. The first-order valence-corrected chi connectivity index (χ1v) is 10.1. The van der Waals surface area contributed by atoms with Gasteiger partial charge < -0.3 is 19.8 Å². The van der Waals surface area contributed by atoms with Crippen molar-refractivity contribution in [3.63, 3.8) is 0 Å². The molecule has 2 N–H and O–H groups in total. The zero-order chi connectivity index (χ0) is 21.4. The minimum absolute atomic E-state index is 0.123. The number of carbonyl (C=O) groups is 1. The lowest BCUT2D eigenvalue weighted by molar-refractivity contribution is 0.0935. The van der Waals surface area contributed by atoms with E-state index in [2.05, 4.69) is 24.1 Å². The normalized spacial score (nSPS) is 15.3. The number of aryl methyl sites for hydroxylation is 1. The van der Waals surface area contributed by atoms with E-state index in [-0.39, 0.29) is 28.9 Å². The van der Waals surface area contributed by atoms with Crippen molar-refractivity contribution >= 4 is 16.8 Å². The summed E-state index contributed by atoms with van der Waals surface area (Å²) in [4.78, 5) is 29.2. The van der Waals surface area contributed by atoms with Gasteiger partial charge in [-0.15, -0.1) is 0 Å². The van der Waals surface area contributed by atoms with E-state index in [1.807, 2.05) is 24.3 Å². The highest BCUT2D eigenvalue weighted by atomic mass is 16.5. The number of benzene rings is 2. The summed E-state index contributed by atoms with van der Waals surface area (Å²) in [5.74, 6) is 1.20. The number of para-hydroxylation sites is 1. The van der Waals surface area contributed by atoms with Crippen LogP contribution < -0.4 is 20.2 Å². The van der Waals surface area contributed by atoms with Gasteiger partial charge in [0.15, 0.2) is 11.5 Å². The van der Waals surface area contributed by atoms with Gasteiger partial charge in [0.25, 0.3) is 5.91 Å². The molecule has 1 aliphatic carbocycles. The van der Waals surface area contributed by atoms with Crippen molar-refractivity contribution in [2.24, 2.45) is 0 Å². The lowest BCUT2D eigenvalue weighted by Crippen LogP contribution is -2.31. The largest absolute Gasteiger partial charge is 0.493 e. The van der Waals surface area contributed by atoms with Gasteiger partial charge in [0.2, 0.25) is 5.43 Å². The third-order valence-electron chi connectivity index (χ3n) is 5.84. The van der Waals surface area contributed by atoms with Gasteiger partial charge in [0.05, 0.1) is 25.8 Å². The summed E-state index contributed by atoms with van der Waals surface area (Å²) in [7, 11) is 3.20. The second-order valence-corrected chi connectivity index (χ2v) is 7.93. The molecule has 0 bridgehead atoms. The van der Waals surface area contributed by atoms with Crippen LogP contribution in [-0.4, -0.2) is 25.1 Å². The van der Waals surface area contributed by atoms with Crippen LogP contribution >= 0.6 is 0 Å². The monoisotopic (exact) mass is 406 g/mol. The first-order chi connectivity index (χ1) is 14.4. The third-order valence-corrected chi connectivity index (χ3v) is 5.84. The number of rotatable bonds is 5. The zero-order valence-electron chi connectivity index (χ0n) is 17.7. The molecule has 0 aliphatic heterocycles. The number of aromatic amines is 1. The van der Waals surface area contributed by atoms with Crippen molar-refractivity contribution in [2.45, 2.75) is 38.6 Å². The number of fused-ring (bicyclic) bond motifs is 2. The van der Waals surface area contributed by atoms with Crippen molar-refractivity contribution in [3.05, 3.63) is 69.0 Å². The molecule has 0 spiro atoms. The molecule has 0 saturated carbocycles. The first-order valence-electron chi connectivity index (χ1n) is 10.1. The number of aromatic nitrogens is 1. The topological polar surface area (TPSA) is 80.4 Å². The van der Waals surface area contributed by atoms with Crippen LogP contribution in [0.15, 0.2) is 41.3 Å². The molecule has 156 valence electrons. The lowest BCUT2D eigenvalue weighted by Gasteiger charge is -2.16. The number of hydrogen-bond acceptors (Lipinski definition) is 4. The Morgan fingerprint density at radius 1 is 1.17 bits per heavy atom. The predicted octanol–water partition coefficient (Wildman–Crippen LogP) is 4.09. The summed E-state index contributed by atoms with van der Waals surface area (Å²) >= 11 is 0. The molecular formula is C24H26N2O4. The summed E-state index contributed by atoms with van der Waals surface area (Å²) in [6.45, 7) is 4.16. The maximum atomic E-state index is 13.0. The predicted molar refractivity (Wildman–Crippen MR) is 117 cm³/mol. The van der Waals surface area contributed by atoms with Crippen molar-refractivity contribution < 1.29 is 14.3 Å². The Balaban J connectivity index is 1.66. The maximum Gasteiger partial charge on any atom is 0.257 e.